The Hall–Kier alpha value is -4.39. The van der Waals surface area contributed by atoms with Gasteiger partial charge in [0.2, 0.25) is 5.95 Å². The number of carboxylic acid groups (broad SMARTS) is 2. The van der Waals surface area contributed by atoms with E-state index in [1.54, 1.807) is 12.1 Å². The zero-order valence-electron chi connectivity index (χ0n) is 21.5. The van der Waals surface area contributed by atoms with Crippen LogP contribution in [0.4, 0.5) is 11.6 Å². The number of unbranched alkanes of at least 4 members (excludes halogenated alkanes) is 4. The van der Waals surface area contributed by atoms with E-state index >= 15 is 0 Å². The van der Waals surface area contributed by atoms with Crippen molar-refractivity contribution >= 4 is 40.5 Å². The molecule has 0 amide bonds. The van der Waals surface area contributed by atoms with Crippen molar-refractivity contribution in [2.24, 2.45) is 0 Å². The van der Waals surface area contributed by atoms with E-state index in [1.807, 2.05) is 12.1 Å². The van der Waals surface area contributed by atoms with E-state index in [0.717, 1.165) is 37.8 Å². The quantitative estimate of drug-likeness (QED) is 0.108. The first-order chi connectivity index (χ1) is 18.7. The predicted octanol–water partition coefficient (Wildman–Crippen LogP) is 2.34. The first-order valence-electron chi connectivity index (χ1n) is 12.8. The molecule has 208 valence electrons. The van der Waals surface area contributed by atoms with Gasteiger partial charge in [-0.1, -0.05) is 19.3 Å². The number of Topliss-reactive ketones (excluding diaryl/α,β-unsaturated/α-hetero) is 1. The summed E-state index contributed by atoms with van der Waals surface area (Å²) in [5.41, 5.74) is 7.33. The Morgan fingerprint density at radius 2 is 1.69 bits per heavy atom. The fourth-order valence-electron chi connectivity index (χ4n) is 3.96. The molecule has 0 saturated carbocycles. The Bertz CT molecular complexity index is 1340. The molecule has 1 atom stereocenters. The number of fused-ring (bicyclic) bond motifs is 1. The SMILES string of the molecule is Nc1nc2ncc(CNc3ccc(C(=O)CCCCCCCNC(CCC(=O)O)C(=O)O)cc3)nc2c(=O)[nH]1. The third-order valence-corrected chi connectivity index (χ3v) is 6.08. The molecular formula is C26H33N7O6. The Labute approximate surface area is 224 Å². The number of anilines is 2. The minimum Gasteiger partial charge on any atom is -0.481 e. The summed E-state index contributed by atoms with van der Waals surface area (Å²) in [6, 6.07) is 6.30. The van der Waals surface area contributed by atoms with Crippen LogP contribution in [-0.4, -0.2) is 60.5 Å². The Balaban J connectivity index is 1.33. The molecule has 7 N–H and O–H groups in total. The average molecular weight is 540 g/mol. The van der Waals surface area contributed by atoms with Gasteiger partial charge in [0.05, 0.1) is 18.4 Å². The van der Waals surface area contributed by atoms with Crippen LogP contribution in [0, 0.1) is 0 Å². The number of nitrogens with zero attached hydrogens (tertiary/aromatic N) is 3. The number of hydrogen-bond acceptors (Lipinski definition) is 10. The molecule has 0 bridgehead atoms. The lowest BCUT2D eigenvalue weighted by Gasteiger charge is -2.13. The third-order valence-electron chi connectivity index (χ3n) is 6.08. The highest BCUT2D eigenvalue weighted by Crippen LogP contribution is 2.15. The topological polar surface area (TPSA) is 213 Å². The van der Waals surface area contributed by atoms with Gasteiger partial charge in [-0.3, -0.25) is 24.2 Å². The molecule has 3 aromatic rings. The summed E-state index contributed by atoms with van der Waals surface area (Å²) in [6.07, 6.45) is 6.10. The van der Waals surface area contributed by atoms with Gasteiger partial charge >= 0.3 is 11.9 Å². The van der Waals surface area contributed by atoms with Crippen molar-refractivity contribution in [2.75, 3.05) is 17.6 Å². The van der Waals surface area contributed by atoms with Crippen LogP contribution in [0.25, 0.3) is 11.2 Å². The van der Waals surface area contributed by atoms with E-state index in [1.165, 1.54) is 6.20 Å². The molecule has 1 aromatic carbocycles. The third kappa shape index (κ3) is 9.45. The van der Waals surface area contributed by atoms with E-state index in [4.69, 9.17) is 15.9 Å². The van der Waals surface area contributed by atoms with Gasteiger partial charge in [-0.15, -0.1) is 0 Å². The molecule has 0 fully saturated rings. The highest BCUT2D eigenvalue weighted by molar-refractivity contribution is 5.96. The van der Waals surface area contributed by atoms with Gasteiger partial charge in [0.1, 0.15) is 6.04 Å². The molecule has 0 saturated heterocycles. The average Bonchev–Trinajstić information content (AvgIpc) is 2.90. The van der Waals surface area contributed by atoms with Crippen LogP contribution in [0.2, 0.25) is 0 Å². The van der Waals surface area contributed by atoms with E-state index < -0.39 is 23.5 Å². The van der Waals surface area contributed by atoms with Gasteiger partial charge in [0.15, 0.2) is 16.9 Å². The van der Waals surface area contributed by atoms with E-state index in [2.05, 4.69) is 30.6 Å². The highest BCUT2D eigenvalue weighted by Gasteiger charge is 2.17. The highest BCUT2D eigenvalue weighted by atomic mass is 16.4. The molecule has 13 nitrogen and oxygen atoms in total. The van der Waals surface area contributed by atoms with Crippen LogP contribution >= 0.6 is 0 Å². The summed E-state index contributed by atoms with van der Waals surface area (Å²) in [5, 5.41) is 23.9. The number of aromatic amines is 1. The zero-order valence-corrected chi connectivity index (χ0v) is 21.5. The maximum absolute atomic E-state index is 12.5. The molecule has 39 heavy (non-hydrogen) atoms. The van der Waals surface area contributed by atoms with E-state index in [0.29, 0.717) is 30.8 Å². The number of aliphatic carboxylic acids is 2. The lowest BCUT2D eigenvalue weighted by Crippen LogP contribution is -2.37. The molecule has 1 unspecified atom stereocenters. The minimum atomic E-state index is -1.04. The predicted molar refractivity (Wildman–Crippen MR) is 144 cm³/mol. The number of nitrogens with two attached hydrogens (primary N) is 1. The minimum absolute atomic E-state index is 0.0181. The molecule has 0 aliphatic carbocycles. The van der Waals surface area contributed by atoms with Crippen LogP contribution < -0.4 is 21.9 Å². The maximum Gasteiger partial charge on any atom is 0.320 e. The number of carbonyl (C=O) groups excluding carboxylic acids is 1. The summed E-state index contributed by atoms with van der Waals surface area (Å²) >= 11 is 0. The maximum atomic E-state index is 12.5. The van der Waals surface area contributed by atoms with Crippen molar-refractivity contribution < 1.29 is 24.6 Å². The lowest BCUT2D eigenvalue weighted by atomic mass is 10.0. The molecule has 3 rings (SSSR count). The van der Waals surface area contributed by atoms with Crippen LogP contribution in [0.1, 0.15) is 67.4 Å². The fraction of sp³-hybridized carbons (Fsp3) is 0.423. The van der Waals surface area contributed by atoms with Gasteiger partial charge in [-0.25, -0.2) is 9.97 Å². The fourth-order valence-corrected chi connectivity index (χ4v) is 3.96. The number of carboxylic acids is 2. The monoisotopic (exact) mass is 539 g/mol. The van der Waals surface area contributed by atoms with Gasteiger partial charge in [0.25, 0.3) is 5.56 Å². The first kappa shape index (κ1) is 29.2. The molecule has 13 heteroatoms. The Kier molecular flexibility index (Phi) is 10.9. The van der Waals surface area contributed by atoms with Crippen molar-refractivity contribution in [1.29, 1.82) is 0 Å². The normalized spacial score (nSPS) is 11.8. The van der Waals surface area contributed by atoms with Crippen LogP contribution in [0.5, 0.6) is 0 Å². The second-order valence-electron chi connectivity index (χ2n) is 9.13. The zero-order chi connectivity index (χ0) is 28.2. The van der Waals surface area contributed by atoms with E-state index in [9.17, 15) is 19.2 Å². The number of nitrogen functional groups attached to an aromatic ring is 1. The number of nitrogens with one attached hydrogen (secondary N) is 3. The number of H-pyrrole nitrogens is 1. The molecule has 2 heterocycles. The Morgan fingerprint density at radius 1 is 0.974 bits per heavy atom. The summed E-state index contributed by atoms with van der Waals surface area (Å²) in [5.74, 6) is -2.00. The summed E-state index contributed by atoms with van der Waals surface area (Å²) in [4.78, 5) is 61.0. The second-order valence-corrected chi connectivity index (χ2v) is 9.13. The molecule has 0 aliphatic heterocycles. The van der Waals surface area contributed by atoms with Crippen molar-refractivity contribution in [3.05, 3.63) is 52.1 Å². The largest absolute Gasteiger partial charge is 0.481 e. The van der Waals surface area contributed by atoms with Crippen molar-refractivity contribution in [2.45, 2.75) is 64.0 Å². The van der Waals surface area contributed by atoms with Gasteiger partial charge in [0, 0.05) is 24.1 Å². The Morgan fingerprint density at radius 3 is 2.41 bits per heavy atom. The summed E-state index contributed by atoms with van der Waals surface area (Å²) in [6.45, 7) is 0.836. The van der Waals surface area contributed by atoms with Gasteiger partial charge in [-0.2, -0.15) is 4.98 Å². The lowest BCUT2D eigenvalue weighted by molar-refractivity contribution is -0.140. The molecular weight excluding hydrogens is 506 g/mol. The van der Waals surface area contributed by atoms with Crippen molar-refractivity contribution in [3.63, 3.8) is 0 Å². The number of rotatable bonds is 17. The number of ketones is 1. The van der Waals surface area contributed by atoms with Crippen LogP contribution in [-0.2, 0) is 16.1 Å². The van der Waals surface area contributed by atoms with E-state index in [-0.39, 0.29) is 35.7 Å². The van der Waals surface area contributed by atoms with Gasteiger partial charge in [-0.05, 0) is 50.1 Å². The second kappa shape index (κ2) is 14.5. The van der Waals surface area contributed by atoms with Gasteiger partial charge < -0.3 is 26.6 Å². The molecule has 2 aromatic heterocycles. The number of hydrogen-bond donors (Lipinski definition) is 6. The standard InChI is InChI=1S/C26H33N7O6/c27-26-32-23-22(24(37)33-26)31-18(15-30-23)14-29-17-9-7-16(8-10-17)20(34)6-4-2-1-3-5-13-28-19(25(38)39)11-12-21(35)36/h7-10,15,19,28-29H,1-6,11-14H2,(H,35,36)(H,38,39)(H3,27,30,32,33,37). The van der Waals surface area contributed by atoms with Crippen molar-refractivity contribution in [1.82, 2.24) is 25.3 Å². The number of aromatic nitrogens is 4. The van der Waals surface area contributed by atoms with Crippen LogP contribution in [0.15, 0.2) is 35.3 Å². The summed E-state index contributed by atoms with van der Waals surface area (Å²) in [7, 11) is 0. The first-order valence-corrected chi connectivity index (χ1v) is 12.8. The smallest absolute Gasteiger partial charge is 0.320 e. The molecule has 0 radical (unpaired) electrons. The molecule has 0 aliphatic rings. The summed E-state index contributed by atoms with van der Waals surface area (Å²) < 4.78 is 0. The number of carbonyl (C=O) groups is 3. The molecule has 0 spiro atoms. The van der Waals surface area contributed by atoms with Crippen LogP contribution in [0.3, 0.4) is 0 Å². The number of benzene rings is 1. The van der Waals surface area contributed by atoms with Crippen molar-refractivity contribution in [3.8, 4) is 0 Å².